The summed E-state index contributed by atoms with van der Waals surface area (Å²) in [6.07, 6.45) is 0. The maximum absolute atomic E-state index is 11.9. The van der Waals surface area contributed by atoms with E-state index < -0.39 is 10.0 Å². The molecule has 0 aliphatic rings. The Morgan fingerprint density at radius 1 is 1.24 bits per heavy atom. The number of likely N-dealkylation sites (N-methyl/N-ethyl adjacent to an activating group) is 1. The van der Waals surface area contributed by atoms with E-state index in [0.29, 0.717) is 17.3 Å². The van der Waals surface area contributed by atoms with Gasteiger partial charge in [0.1, 0.15) is 4.21 Å². The van der Waals surface area contributed by atoms with Crippen molar-refractivity contribution < 1.29 is 8.42 Å². The van der Waals surface area contributed by atoms with Gasteiger partial charge in [0.25, 0.3) is 0 Å². The monoisotopic (exact) mass is 276 g/mol. The summed E-state index contributed by atoms with van der Waals surface area (Å²) in [6.45, 7) is 7.25. The molecule has 0 radical (unpaired) electrons. The third-order valence-corrected chi connectivity index (χ3v) is 5.72. The summed E-state index contributed by atoms with van der Waals surface area (Å²) in [5.74, 6) is 0. The van der Waals surface area contributed by atoms with Gasteiger partial charge in [-0.15, -0.1) is 11.3 Å². The maximum atomic E-state index is 11.9. The summed E-state index contributed by atoms with van der Waals surface area (Å²) < 4.78 is 26.8. The smallest absolute Gasteiger partial charge is 0.250 e. The van der Waals surface area contributed by atoms with Gasteiger partial charge in [-0.25, -0.2) is 13.1 Å². The lowest BCUT2D eigenvalue weighted by Gasteiger charge is -2.15. The second-order valence-electron chi connectivity index (χ2n) is 4.87. The summed E-state index contributed by atoms with van der Waals surface area (Å²) >= 11 is 1.33. The first-order valence-corrected chi connectivity index (χ1v) is 7.82. The fourth-order valence-corrected chi connectivity index (χ4v) is 3.69. The van der Waals surface area contributed by atoms with Crippen molar-refractivity contribution in [1.82, 2.24) is 10.0 Å². The second-order valence-corrected chi connectivity index (χ2v) is 7.95. The van der Waals surface area contributed by atoms with Crippen LogP contribution < -0.4 is 10.0 Å². The van der Waals surface area contributed by atoms with Crippen LogP contribution in [0, 0.1) is 0 Å². The predicted molar refractivity (Wildman–Crippen MR) is 72.1 cm³/mol. The summed E-state index contributed by atoms with van der Waals surface area (Å²) in [5, 5.41) is 2.90. The van der Waals surface area contributed by atoms with Gasteiger partial charge in [-0.3, -0.25) is 0 Å². The van der Waals surface area contributed by atoms with Crippen molar-refractivity contribution >= 4 is 21.4 Å². The Morgan fingerprint density at radius 2 is 1.88 bits per heavy atom. The Hall–Kier alpha value is -0.430. The van der Waals surface area contributed by atoms with E-state index in [1.165, 1.54) is 11.3 Å². The van der Waals surface area contributed by atoms with E-state index in [2.05, 4.69) is 30.8 Å². The summed E-state index contributed by atoms with van der Waals surface area (Å²) in [5.41, 5.74) is -0.0105. The number of thiophene rings is 1. The molecule has 0 aliphatic heterocycles. The molecule has 1 heterocycles. The zero-order valence-electron chi connectivity index (χ0n) is 10.7. The van der Waals surface area contributed by atoms with Crippen molar-refractivity contribution in [2.75, 3.05) is 20.1 Å². The number of hydrogen-bond donors (Lipinski definition) is 2. The molecule has 17 heavy (non-hydrogen) atoms. The van der Waals surface area contributed by atoms with Gasteiger partial charge < -0.3 is 5.32 Å². The molecule has 2 N–H and O–H groups in total. The third-order valence-electron chi connectivity index (χ3n) is 2.25. The van der Waals surface area contributed by atoms with Crippen LogP contribution in [-0.4, -0.2) is 28.6 Å². The van der Waals surface area contributed by atoms with Crippen molar-refractivity contribution in [3.63, 3.8) is 0 Å². The number of rotatable bonds is 5. The minimum absolute atomic E-state index is 0.0105. The van der Waals surface area contributed by atoms with E-state index in [9.17, 15) is 8.42 Å². The molecule has 0 saturated carbocycles. The van der Waals surface area contributed by atoms with Crippen LogP contribution in [0.4, 0.5) is 0 Å². The van der Waals surface area contributed by atoms with E-state index in [1.54, 1.807) is 13.1 Å². The average Bonchev–Trinajstić information content (AvgIpc) is 2.66. The second kappa shape index (κ2) is 5.48. The van der Waals surface area contributed by atoms with Gasteiger partial charge in [-0.2, -0.15) is 0 Å². The Balaban J connectivity index is 2.82. The van der Waals surface area contributed by atoms with Gasteiger partial charge >= 0.3 is 0 Å². The molecule has 1 aromatic rings. The van der Waals surface area contributed by atoms with Crippen molar-refractivity contribution in [2.45, 2.75) is 30.4 Å². The molecule has 1 rings (SSSR count). The third kappa shape index (κ3) is 4.06. The minimum atomic E-state index is -3.34. The van der Waals surface area contributed by atoms with E-state index >= 15 is 0 Å². The first-order chi connectivity index (χ1) is 7.77. The normalized spacial score (nSPS) is 12.9. The van der Waals surface area contributed by atoms with Gasteiger partial charge in [-0.1, -0.05) is 20.8 Å². The molecule has 1 aromatic heterocycles. The van der Waals surface area contributed by atoms with Crippen LogP contribution in [0.1, 0.15) is 25.6 Å². The van der Waals surface area contributed by atoms with Crippen LogP contribution in [0.2, 0.25) is 0 Å². The average molecular weight is 276 g/mol. The molecule has 0 aromatic carbocycles. The Labute approximate surface area is 107 Å². The van der Waals surface area contributed by atoms with Crippen molar-refractivity contribution in [2.24, 2.45) is 0 Å². The van der Waals surface area contributed by atoms with Crippen LogP contribution in [0.3, 0.4) is 0 Å². The molecule has 0 amide bonds. The number of nitrogens with one attached hydrogen (secondary N) is 2. The lowest BCUT2D eigenvalue weighted by molar-refractivity contribution is 0.581. The van der Waals surface area contributed by atoms with Gasteiger partial charge in [0, 0.05) is 18.0 Å². The molecule has 0 atom stereocenters. The highest BCUT2D eigenvalue weighted by Crippen LogP contribution is 2.31. The first kappa shape index (κ1) is 14.6. The highest BCUT2D eigenvalue weighted by atomic mass is 32.2. The summed E-state index contributed by atoms with van der Waals surface area (Å²) in [7, 11) is -1.55. The topological polar surface area (TPSA) is 58.2 Å². The van der Waals surface area contributed by atoms with Crippen LogP contribution in [0.25, 0.3) is 0 Å². The maximum Gasteiger partial charge on any atom is 0.250 e. The number of sulfonamides is 1. The SMILES string of the molecule is CNCCNS(=O)(=O)c1ccc(C(C)(C)C)s1. The van der Waals surface area contributed by atoms with Gasteiger partial charge in [0.2, 0.25) is 10.0 Å². The lowest BCUT2D eigenvalue weighted by atomic mass is 9.95. The van der Waals surface area contributed by atoms with Crippen molar-refractivity contribution in [3.8, 4) is 0 Å². The fraction of sp³-hybridized carbons (Fsp3) is 0.636. The highest BCUT2D eigenvalue weighted by molar-refractivity contribution is 7.91. The van der Waals surface area contributed by atoms with E-state index in [1.807, 2.05) is 6.07 Å². The highest BCUT2D eigenvalue weighted by Gasteiger charge is 2.21. The van der Waals surface area contributed by atoms with Crippen LogP contribution >= 0.6 is 11.3 Å². The van der Waals surface area contributed by atoms with Crippen LogP contribution in [0.5, 0.6) is 0 Å². The molecule has 4 nitrogen and oxygen atoms in total. The summed E-state index contributed by atoms with van der Waals surface area (Å²) in [6, 6.07) is 3.56. The molecule has 0 aliphatic carbocycles. The molecule has 98 valence electrons. The largest absolute Gasteiger partial charge is 0.318 e. The Bertz CT molecular complexity index is 458. The van der Waals surface area contributed by atoms with Gasteiger partial charge in [0.05, 0.1) is 0 Å². The summed E-state index contributed by atoms with van der Waals surface area (Å²) in [4.78, 5) is 1.08. The van der Waals surface area contributed by atoms with Crippen LogP contribution in [-0.2, 0) is 15.4 Å². The Kier molecular flexibility index (Phi) is 4.71. The molecule has 6 heteroatoms. The van der Waals surface area contributed by atoms with Gasteiger partial charge in [0.15, 0.2) is 0 Å². The number of hydrogen-bond acceptors (Lipinski definition) is 4. The standard InChI is InChI=1S/C11H20N2O2S2/c1-11(2,3)9-5-6-10(16-9)17(14,15)13-8-7-12-4/h5-6,12-13H,7-8H2,1-4H3. The molecule has 0 fully saturated rings. The quantitative estimate of drug-likeness (QED) is 0.802. The predicted octanol–water partition coefficient (Wildman–Crippen LogP) is 1.54. The van der Waals surface area contributed by atoms with E-state index in [4.69, 9.17) is 0 Å². The van der Waals surface area contributed by atoms with Crippen molar-refractivity contribution in [3.05, 3.63) is 17.0 Å². The fourth-order valence-electron chi connectivity index (χ4n) is 1.25. The molecule has 0 spiro atoms. The molecule has 0 unspecified atom stereocenters. The molecular formula is C11H20N2O2S2. The lowest BCUT2D eigenvalue weighted by Crippen LogP contribution is -2.30. The van der Waals surface area contributed by atoms with E-state index in [0.717, 1.165) is 4.88 Å². The van der Waals surface area contributed by atoms with Gasteiger partial charge in [-0.05, 0) is 24.6 Å². The van der Waals surface area contributed by atoms with Crippen molar-refractivity contribution in [1.29, 1.82) is 0 Å². The zero-order chi connectivity index (χ0) is 13.1. The first-order valence-electron chi connectivity index (χ1n) is 5.52. The zero-order valence-corrected chi connectivity index (χ0v) is 12.3. The molecule has 0 bridgehead atoms. The molecular weight excluding hydrogens is 256 g/mol. The molecule has 0 saturated heterocycles. The van der Waals surface area contributed by atoms with Crippen LogP contribution in [0.15, 0.2) is 16.3 Å². The van der Waals surface area contributed by atoms with E-state index in [-0.39, 0.29) is 5.41 Å². The minimum Gasteiger partial charge on any atom is -0.318 e. The Morgan fingerprint density at radius 3 is 2.35 bits per heavy atom.